The number of primary amides is 1. The van der Waals surface area contributed by atoms with Gasteiger partial charge >= 0.3 is 0 Å². The third kappa shape index (κ3) is 6.03. The highest BCUT2D eigenvalue weighted by molar-refractivity contribution is 5.94. The highest BCUT2D eigenvalue weighted by Gasteiger charge is 2.04. The van der Waals surface area contributed by atoms with Crippen LogP contribution in [-0.4, -0.2) is 24.9 Å². The van der Waals surface area contributed by atoms with E-state index >= 15 is 0 Å². The van der Waals surface area contributed by atoms with Crippen LogP contribution >= 0.6 is 0 Å². The Morgan fingerprint density at radius 1 is 1.15 bits per heavy atom. The number of rotatable bonds is 6. The first kappa shape index (κ1) is 15.7. The van der Waals surface area contributed by atoms with Crippen molar-refractivity contribution in [2.75, 3.05) is 13.1 Å². The topological polar surface area (TPSA) is 98.2 Å². The molecule has 5 N–H and O–H groups in total. The van der Waals surface area contributed by atoms with Crippen LogP contribution in [0.15, 0.2) is 24.3 Å². The Morgan fingerprint density at radius 3 is 2.45 bits per heavy atom. The summed E-state index contributed by atoms with van der Waals surface area (Å²) in [4.78, 5) is 22.3. The minimum Gasteiger partial charge on any atom is -0.370 e. The average Bonchev–Trinajstić information content (AvgIpc) is 2.44. The Kier molecular flexibility index (Phi) is 6.87. The number of carbonyl (C=O) groups excluding carboxylic acids is 2. The van der Waals surface area contributed by atoms with Gasteiger partial charge in [0.25, 0.3) is 5.91 Å². The normalized spacial score (nSPS) is 9.45. The van der Waals surface area contributed by atoms with Gasteiger partial charge in [-0.2, -0.15) is 0 Å². The summed E-state index contributed by atoms with van der Waals surface area (Å²) in [6, 6.07) is 7.01. The van der Waals surface area contributed by atoms with Gasteiger partial charge in [0.05, 0.1) is 6.54 Å². The molecule has 2 amide bonds. The lowest BCUT2D eigenvalue weighted by Gasteiger charge is -2.04. The number of nitrogens with two attached hydrogens (primary N) is 2. The van der Waals surface area contributed by atoms with Crippen molar-refractivity contribution >= 4 is 11.8 Å². The maximum Gasteiger partial charge on any atom is 0.251 e. The second kappa shape index (κ2) is 8.73. The molecule has 20 heavy (non-hydrogen) atoms. The van der Waals surface area contributed by atoms with Crippen molar-refractivity contribution in [3.8, 4) is 11.8 Å². The van der Waals surface area contributed by atoms with E-state index in [0.29, 0.717) is 31.5 Å². The van der Waals surface area contributed by atoms with Crippen molar-refractivity contribution in [3.63, 3.8) is 0 Å². The summed E-state index contributed by atoms with van der Waals surface area (Å²) in [6.07, 6.45) is 1.77. The summed E-state index contributed by atoms with van der Waals surface area (Å²) in [5, 5.41) is 2.79. The molecule has 0 aromatic heterocycles. The zero-order chi connectivity index (χ0) is 14.8. The molecule has 106 valence electrons. The van der Waals surface area contributed by atoms with Gasteiger partial charge in [0, 0.05) is 24.1 Å². The Morgan fingerprint density at radius 2 is 1.85 bits per heavy atom. The minimum absolute atomic E-state index is 0.137. The van der Waals surface area contributed by atoms with E-state index in [1.54, 1.807) is 24.3 Å². The van der Waals surface area contributed by atoms with E-state index in [1.165, 1.54) is 0 Å². The predicted octanol–water partition coefficient (Wildman–Crippen LogP) is 0.382. The predicted molar refractivity (Wildman–Crippen MR) is 77.8 cm³/mol. The van der Waals surface area contributed by atoms with Crippen molar-refractivity contribution < 1.29 is 9.59 Å². The number of hydrogen-bond donors (Lipinski definition) is 3. The maximum atomic E-state index is 11.8. The monoisotopic (exact) mass is 273 g/mol. The lowest BCUT2D eigenvalue weighted by molar-refractivity contribution is -0.118. The summed E-state index contributed by atoms with van der Waals surface area (Å²) < 4.78 is 0. The van der Waals surface area contributed by atoms with Gasteiger partial charge in [-0.05, 0) is 37.1 Å². The molecule has 0 bridgehead atoms. The molecule has 0 aliphatic heterocycles. The lowest BCUT2D eigenvalue weighted by atomic mass is 10.1. The quantitative estimate of drug-likeness (QED) is 0.516. The van der Waals surface area contributed by atoms with Crippen molar-refractivity contribution in [1.29, 1.82) is 0 Å². The van der Waals surface area contributed by atoms with Crippen molar-refractivity contribution in [2.24, 2.45) is 11.5 Å². The largest absolute Gasteiger partial charge is 0.370 e. The van der Waals surface area contributed by atoms with Gasteiger partial charge in [-0.25, -0.2) is 0 Å². The van der Waals surface area contributed by atoms with Crippen LogP contribution in [0.25, 0.3) is 0 Å². The van der Waals surface area contributed by atoms with Crippen LogP contribution in [-0.2, 0) is 4.79 Å². The van der Waals surface area contributed by atoms with Gasteiger partial charge in [0.1, 0.15) is 0 Å². The summed E-state index contributed by atoms with van der Waals surface area (Å²) in [5.41, 5.74) is 11.7. The summed E-state index contributed by atoms with van der Waals surface area (Å²) in [7, 11) is 0. The molecule has 1 aromatic carbocycles. The van der Waals surface area contributed by atoms with E-state index in [2.05, 4.69) is 17.2 Å². The highest BCUT2D eigenvalue weighted by atomic mass is 16.2. The molecular weight excluding hydrogens is 254 g/mol. The van der Waals surface area contributed by atoms with Gasteiger partial charge in [0.15, 0.2) is 0 Å². The molecule has 0 aliphatic carbocycles. The summed E-state index contributed by atoms with van der Waals surface area (Å²) in [6.45, 7) is 0.842. The number of nitrogens with one attached hydrogen (secondary N) is 1. The molecule has 0 heterocycles. The third-order valence-corrected chi connectivity index (χ3v) is 2.62. The second-order valence-electron chi connectivity index (χ2n) is 4.26. The van der Waals surface area contributed by atoms with E-state index in [4.69, 9.17) is 11.5 Å². The van der Waals surface area contributed by atoms with Crippen molar-refractivity contribution in [3.05, 3.63) is 35.4 Å². The molecule has 5 heteroatoms. The fourth-order valence-corrected chi connectivity index (χ4v) is 1.59. The minimum atomic E-state index is -0.314. The fourth-order valence-electron chi connectivity index (χ4n) is 1.59. The smallest absolute Gasteiger partial charge is 0.251 e. The molecule has 0 spiro atoms. The number of hydrogen-bond acceptors (Lipinski definition) is 3. The zero-order valence-corrected chi connectivity index (χ0v) is 11.3. The number of carbonyl (C=O) groups is 2. The van der Waals surface area contributed by atoms with Gasteiger partial charge in [-0.15, -0.1) is 0 Å². The van der Waals surface area contributed by atoms with E-state index in [9.17, 15) is 9.59 Å². The summed E-state index contributed by atoms with van der Waals surface area (Å²) >= 11 is 0. The third-order valence-electron chi connectivity index (χ3n) is 2.62. The first-order valence-electron chi connectivity index (χ1n) is 6.49. The second-order valence-corrected chi connectivity index (χ2v) is 4.26. The molecule has 0 unspecified atom stereocenters. The number of amides is 2. The van der Waals surface area contributed by atoms with Crippen LogP contribution in [0.2, 0.25) is 0 Å². The fraction of sp³-hybridized carbons (Fsp3) is 0.333. The van der Waals surface area contributed by atoms with Gasteiger partial charge < -0.3 is 16.8 Å². The Balaban J connectivity index is 2.38. The molecule has 0 aliphatic rings. The van der Waals surface area contributed by atoms with Crippen LogP contribution in [0.3, 0.4) is 0 Å². The van der Waals surface area contributed by atoms with Crippen LogP contribution in [0.4, 0.5) is 0 Å². The molecular formula is C15H19N3O2. The molecule has 0 atom stereocenters. The highest BCUT2D eigenvalue weighted by Crippen LogP contribution is 2.03. The Bertz CT molecular complexity index is 512. The molecule has 0 saturated carbocycles. The maximum absolute atomic E-state index is 11.8. The lowest BCUT2D eigenvalue weighted by Crippen LogP contribution is -2.24. The SMILES string of the molecule is NCC#Cc1ccc(C(=O)NCCCCC(N)=O)cc1. The first-order valence-corrected chi connectivity index (χ1v) is 6.49. The molecule has 0 fully saturated rings. The molecule has 1 rings (SSSR count). The van der Waals surface area contributed by atoms with Crippen LogP contribution < -0.4 is 16.8 Å². The van der Waals surface area contributed by atoms with Crippen LogP contribution in [0, 0.1) is 11.8 Å². The van der Waals surface area contributed by atoms with Gasteiger partial charge in [-0.3, -0.25) is 9.59 Å². The van der Waals surface area contributed by atoms with Crippen molar-refractivity contribution in [1.82, 2.24) is 5.32 Å². The summed E-state index contributed by atoms with van der Waals surface area (Å²) in [5.74, 6) is 5.19. The molecule has 0 saturated heterocycles. The molecule has 5 nitrogen and oxygen atoms in total. The van der Waals surface area contributed by atoms with Gasteiger partial charge in [0.2, 0.25) is 5.91 Å². The van der Waals surface area contributed by atoms with E-state index < -0.39 is 0 Å². The zero-order valence-electron chi connectivity index (χ0n) is 11.3. The van der Waals surface area contributed by atoms with Crippen LogP contribution in [0.1, 0.15) is 35.2 Å². The number of unbranched alkanes of at least 4 members (excludes halogenated alkanes) is 1. The van der Waals surface area contributed by atoms with Crippen molar-refractivity contribution in [2.45, 2.75) is 19.3 Å². The van der Waals surface area contributed by atoms with E-state index in [1.807, 2.05) is 0 Å². The van der Waals surface area contributed by atoms with Crippen LogP contribution in [0.5, 0.6) is 0 Å². The standard InChI is InChI=1S/C15H19N3O2/c16-10-3-4-12-6-8-13(9-7-12)15(20)18-11-2-1-5-14(17)19/h6-9H,1-2,5,10-11,16H2,(H2,17,19)(H,18,20). The Hall–Kier alpha value is -2.32. The van der Waals surface area contributed by atoms with E-state index in [0.717, 1.165) is 12.0 Å². The van der Waals surface area contributed by atoms with E-state index in [-0.39, 0.29) is 11.8 Å². The van der Waals surface area contributed by atoms with Gasteiger partial charge in [-0.1, -0.05) is 11.8 Å². The molecule has 0 radical (unpaired) electrons. The number of benzene rings is 1. The Labute approximate surface area is 118 Å². The first-order chi connectivity index (χ1) is 9.63. The molecule has 1 aromatic rings. The average molecular weight is 273 g/mol.